The number of para-hydroxylation sites is 1. The second-order valence-electron chi connectivity index (χ2n) is 3.65. The summed E-state index contributed by atoms with van der Waals surface area (Å²) in [5.74, 6) is -0.527. The first kappa shape index (κ1) is 10.7. The highest BCUT2D eigenvalue weighted by atomic mass is 16.5. The van der Waals surface area contributed by atoms with Crippen molar-refractivity contribution in [3.05, 3.63) is 36.0 Å². The minimum Gasteiger partial charge on any atom is -0.468 e. The van der Waals surface area contributed by atoms with E-state index in [-0.39, 0.29) is 11.9 Å². The molecule has 0 saturated carbocycles. The predicted octanol–water partition coefficient (Wildman–Crippen LogP) is 0.666. The maximum atomic E-state index is 11.6. The van der Waals surface area contributed by atoms with Crippen LogP contribution in [-0.2, 0) is 9.53 Å². The summed E-state index contributed by atoms with van der Waals surface area (Å²) in [6.45, 7) is 0.495. The van der Waals surface area contributed by atoms with Gasteiger partial charge in [-0.3, -0.25) is 4.79 Å². The molecule has 0 aliphatic carbocycles. The van der Waals surface area contributed by atoms with E-state index < -0.39 is 0 Å². The molecule has 1 heterocycles. The van der Waals surface area contributed by atoms with Crippen LogP contribution >= 0.6 is 0 Å². The maximum absolute atomic E-state index is 11.6. The molecule has 0 aliphatic heterocycles. The number of rotatable bonds is 3. The Morgan fingerprint density at radius 2 is 2.25 bits per heavy atom. The lowest BCUT2D eigenvalue weighted by Crippen LogP contribution is -2.54. The molecule has 16 heavy (non-hydrogen) atoms. The third kappa shape index (κ3) is 1.67. The molecule has 4 N–H and O–H groups in total. The first-order valence-corrected chi connectivity index (χ1v) is 5.21. The van der Waals surface area contributed by atoms with Crippen molar-refractivity contribution >= 4 is 16.9 Å². The zero-order chi connectivity index (χ0) is 11.5. The molecule has 0 bridgehead atoms. The van der Waals surface area contributed by atoms with E-state index in [1.807, 2.05) is 30.5 Å². The summed E-state index contributed by atoms with van der Waals surface area (Å²) in [5, 5.41) is 1.06. The Balaban J connectivity index is 2.49. The molecule has 0 spiro atoms. The average molecular weight is 219 g/mol. The van der Waals surface area contributed by atoms with Crippen LogP contribution in [-0.4, -0.2) is 24.6 Å². The summed E-state index contributed by atoms with van der Waals surface area (Å²) < 4.78 is 4.78. The lowest BCUT2D eigenvalue weighted by molar-refractivity contribution is -0.370. The van der Waals surface area contributed by atoms with Crippen molar-refractivity contribution < 1.29 is 15.3 Å². The quantitative estimate of drug-likeness (QED) is 0.745. The fraction of sp³-hybridized carbons (Fsp3) is 0.250. The van der Waals surface area contributed by atoms with Gasteiger partial charge in [-0.2, -0.15) is 0 Å². The number of aromatic amines is 1. The molecule has 1 aromatic heterocycles. The molecule has 0 amide bonds. The highest BCUT2D eigenvalue weighted by molar-refractivity contribution is 5.89. The Labute approximate surface area is 93.4 Å². The van der Waals surface area contributed by atoms with Crippen molar-refractivity contribution in [3.8, 4) is 0 Å². The van der Waals surface area contributed by atoms with E-state index in [1.165, 1.54) is 7.11 Å². The number of carbonyl (C=O) groups excluding carboxylic acids is 1. The molecule has 0 radical (unpaired) electrons. The van der Waals surface area contributed by atoms with Crippen LogP contribution in [0, 0.1) is 0 Å². The number of benzene rings is 1. The molecule has 1 aromatic carbocycles. The van der Waals surface area contributed by atoms with Gasteiger partial charge in [0.15, 0.2) is 0 Å². The highest BCUT2D eigenvalue weighted by Gasteiger charge is 2.24. The number of nitrogens with one attached hydrogen (secondary N) is 1. The van der Waals surface area contributed by atoms with Crippen molar-refractivity contribution in [2.75, 3.05) is 13.7 Å². The third-order valence-electron chi connectivity index (χ3n) is 2.77. The lowest BCUT2D eigenvalue weighted by atomic mass is 9.99. The van der Waals surface area contributed by atoms with Crippen LogP contribution in [0.5, 0.6) is 0 Å². The van der Waals surface area contributed by atoms with Crippen LogP contribution in [0.2, 0.25) is 0 Å². The average Bonchev–Trinajstić information content (AvgIpc) is 2.74. The van der Waals surface area contributed by atoms with Crippen molar-refractivity contribution in [3.63, 3.8) is 0 Å². The molecule has 0 fully saturated rings. The van der Waals surface area contributed by atoms with E-state index in [0.29, 0.717) is 6.54 Å². The summed E-state index contributed by atoms with van der Waals surface area (Å²) in [6.07, 6.45) is 1.86. The van der Waals surface area contributed by atoms with Crippen LogP contribution < -0.4 is 5.73 Å². The van der Waals surface area contributed by atoms with E-state index in [4.69, 9.17) is 4.74 Å². The normalized spacial score (nSPS) is 12.6. The number of esters is 1. The first-order valence-electron chi connectivity index (χ1n) is 5.21. The number of quaternary nitrogens is 1. The standard InChI is InChI=1S/C12H14N2O2/c1-16-12(15)9(6-13)10-7-14-11-5-3-2-4-8(10)11/h2-5,7,9,14H,6,13H2,1H3/p+1. The fourth-order valence-electron chi connectivity index (χ4n) is 1.92. The molecular formula is C12H15N2O2+. The number of ether oxygens (including phenoxy) is 1. The summed E-state index contributed by atoms with van der Waals surface area (Å²) in [5.41, 5.74) is 5.79. The molecule has 84 valence electrons. The Kier molecular flexibility index (Phi) is 2.92. The monoisotopic (exact) mass is 219 g/mol. The highest BCUT2D eigenvalue weighted by Crippen LogP contribution is 2.25. The number of H-pyrrole nitrogens is 1. The number of hydrogen-bond donors (Lipinski definition) is 2. The Bertz CT molecular complexity index is 504. The van der Waals surface area contributed by atoms with E-state index in [9.17, 15) is 4.79 Å². The van der Waals surface area contributed by atoms with Crippen LogP contribution in [0.4, 0.5) is 0 Å². The summed E-state index contributed by atoms with van der Waals surface area (Å²) in [7, 11) is 1.40. The Hall–Kier alpha value is -1.81. The predicted molar refractivity (Wildman–Crippen MR) is 60.8 cm³/mol. The van der Waals surface area contributed by atoms with E-state index in [1.54, 1.807) is 0 Å². The van der Waals surface area contributed by atoms with Gasteiger partial charge in [-0.15, -0.1) is 0 Å². The molecule has 2 rings (SSSR count). The molecule has 2 aromatic rings. The van der Waals surface area contributed by atoms with Gasteiger partial charge in [0.05, 0.1) is 13.7 Å². The minimum absolute atomic E-state index is 0.236. The van der Waals surface area contributed by atoms with Gasteiger partial charge in [-0.05, 0) is 11.6 Å². The van der Waals surface area contributed by atoms with Gasteiger partial charge in [-0.1, -0.05) is 18.2 Å². The second-order valence-corrected chi connectivity index (χ2v) is 3.65. The van der Waals surface area contributed by atoms with Crippen molar-refractivity contribution in [2.45, 2.75) is 5.92 Å². The number of methoxy groups -OCH3 is 1. The van der Waals surface area contributed by atoms with Gasteiger partial charge in [0.25, 0.3) is 0 Å². The van der Waals surface area contributed by atoms with Gasteiger partial charge in [0.2, 0.25) is 0 Å². The molecular weight excluding hydrogens is 204 g/mol. The molecule has 4 nitrogen and oxygen atoms in total. The fourth-order valence-corrected chi connectivity index (χ4v) is 1.92. The van der Waals surface area contributed by atoms with Crippen LogP contribution in [0.1, 0.15) is 11.5 Å². The van der Waals surface area contributed by atoms with Crippen molar-refractivity contribution in [1.29, 1.82) is 0 Å². The molecule has 1 unspecified atom stereocenters. The number of aromatic nitrogens is 1. The zero-order valence-corrected chi connectivity index (χ0v) is 9.19. The smallest absolute Gasteiger partial charge is 0.319 e. The first-order chi connectivity index (χ1) is 7.77. The van der Waals surface area contributed by atoms with Crippen molar-refractivity contribution in [1.82, 2.24) is 4.98 Å². The molecule has 0 saturated heterocycles. The van der Waals surface area contributed by atoms with Gasteiger partial charge in [0.1, 0.15) is 5.92 Å². The van der Waals surface area contributed by atoms with Crippen molar-refractivity contribution in [2.24, 2.45) is 0 Å². The van der Waals surface area contributed by atoms with Gasteiger partial charge in [-0.25, -0.2) is 0 Å². The molecule has 0 aliphatic rings. The second kappa shape index (κ2) is 4.37. The van der Waals surface area contributed by atoms with E-state index in [2.05, 4.69) is 10.7 Å². The zero-order valence-electron chi connectivity index (χ0n) is 9.19. The number of carbonyl (C=O) groups is 1. The van der Waals surface area contributed by atoms with Crippen LogP contribution in [0.25, 0.3) is 10.9 Å². The minimum atomic E-state index is -0.291. The summed E-state index contributed by atoms with van der Waals surface area (Å²) >= 11 is 0. The van der Waals surface area contributed by atoms with E-state index >= 15 is 0 Å². The maximum Gasteiger partial charge on any atom is 0.319 e. The summed E-state index contributed by atoms with van der Waals surface area (Å²) in [4.78, 5) is 14.8. The SMILES string of the molecule is COC(=O)C(C[NH3+])c1c[nH]c2ccccc12. The van der Waals surface area contributed by atoms with E-state index in [0.717, 1.165) is 16.5 Å². The van der Waals surface area contributed by atoms with Crippen LogP contribution in [0.15, 0.2) is 30.5 Å². The van der Waals surface area contributed by atoms with Gasteiger partial charge >= 0.3 is 5.97 Å². The Morgan fingerprint density at radius 1 is 1.50 bits per heavy atom. The number of hydrogen-bond acceptors (Lipinski definition) is 2. The molecule has 4 heteroatoms. The number of fused-ring (bicyclic) bond motifs is 1. The topological polar surface area (TPSA) is 69.7 Å². The summed E-state index contributed by atoms with van der Waals surface area (Å²) in [6, 6.07) is 7.89. The largest absolute Gasteiger partial charge is 0.468 e. The van der Waals surface area contributed by atoms with Crippen LogP contribution in [0.3, 0.4) is 0 Å². The van der Waals surface area contributed by atoms with Gasteiger partial charge in [0, 0.05) is 17.1 Å². The lowest BCUT2D eigenvalue weighted by Gasteiger charge is -2.09. The third-order valence-corrected chi connectivity index (χ3v) is 2.77. The van der Waals surface area contributed by atoms with Gasteiger partial charge < -0.3 is 15.5 Å². The molecule has 1 atom stereocenters. The Morgan fingerprint density at radius 3 is 2.94 bits per heavy atom.